The second-order valence-electron chi connectivity index (χ2n) is 7.93. The van der Waals surface area contributed by atoms with Gasteiger partial charge >= 0.3 is 11.9 Å². The zero-order valence-corrected chi connectivity index (χ0v) is 11.6. The van der Waals surface area contributed by atoms with Crippen molar-refractivity contribution >= 4 is 11.9 Å². The van der Waals surface area contributed by atoms with Gasteiger partial charge in [-0.1, -0.05) is 0 Å². The minimum Gasteiger partial charge on any atom is -0.468 e. The molecular formula is C16H18O4. The van der Waals surface area contributed by atoms with E-state index in [9.17, 15) is 9.59 Å². The Bertz CT molecular complexity index is 529. The Morgan fingerprint density at radius 3 is 1.65 bits per heavy atom. The Balaban J connectivity index is 1.62. The molecule has 7 rings (SSSR count). The molecule has 7 aliphatic rings. The maximum Gasteiger partial charge on any atom is 0.323 e. The minimum absolute atomic E-state index is 0.237. The molecular weight excluding hydrogens is 256 g/mol. The molecule has 20 heavy (non-hydrogen) atoms. The van der Waals surface area contributed by atoms with Crippen LogP contribution in [0.5, 0.6) is 0 Å². The summed E-state index contributed by atoms with van der Waals surface area (Å²) in [5.74, 6) is 5.64. The Labute approximate surface area is 117 Å². The molecule has 106 valence electrons. The molecule has 7 fully saturated rings. The van der Waals surface area contributed by atoms with Crippen molar-refractivity contribution in [2.24, 2.45) is 64.6 Å². The third kappa shape index (κ3) is 0.626. The predicted octanol–water partition coefficient (Wildman–Crippen LogP) is 0.952. The van der Waals surface area contributed by atoms with Crippen LogP contribution in [0, 0.1) is 64.6 Å². The maximum absolute atomic E-state index is 12.6. The van der Waals surface area contributed by atoms with Crippen LogP contribution in [0.25, 0.3) is 0 Å². The lowest BCUT2D eigenvalue weighted by molar-refractivity contribution is -0.174. The van der Waals surface area contributed by atoms with Crippen LogP contribution in [0.1, 0.15) is 6.42 Å². The molecule has 0 radical (unpaired) electrons. The Morgan fingerprint density at radius 1 is 0.800 bits per heavy atom. The van der Waals surface area contributed by atoms with E-state index in [4.69, 9.17) is 9.47 Å². The molecule has 0 spiro atoms. The van der Waals surface area contributed by atoms with E-state index in [0.717, 1.165) is 23.7 Å². The molecule has 0 aromatic rings. The molecule has 0 aromatic carbocycles. The first-order chi connectivity index (χ1) is 9.69. The summed E-state index contributed by atoms with van der Waals surface area (Å²) in [5, 5.41) is 0. The predicted molar refractivity (Wildman–Crippen MR) is 66.0 cm³/mol. The summed E-state index contributed by atoms with van der Waals surface area (Å²) in [6, 6.07) is 0. The fraction of sp³-hybridized carbons (Fsp3) is 0.875. The molecule has 7 aliphatic carbocycles. The fourth-order valence-corrected chi connectivity index (χ4v) is 8.93. The summed E-state index contributed by atoms with van der Waals surface area (Å²) in [5.41, 5.74) is -0.939. The first-order valence-electron chi connectivity index (χ1n) is 7.86. The van der Waals surface area contributed by atoms with Crippen molar-refractivity contribution in [1.29, 1.82) is 0 Å². The van der Waals surface area contributed by atoms with E-state index in [-0.39, 0.29) is 23.8 Å². The van der Waals surface area contributed by atoms with E-state index >= 15 is 0 Å². The van der Waals surface area contributed by atoms with Crippen molar-refractivity contribution in [3.8, 4) is 0 Å². The normalized spacial score (nSPS) is 63.1. The summed E-state index contributed by atoms with van der Waals surface area (Å²) in [6.07, 6.45) is 1.38. The van der Waals surface area contributed by atoms with Gasteiger partial charge in [0.1, 0.15) is 0 Å². The number of esters is 2. The van der Waals surface area contributed by atoms with Gasteiger partial charge < -0.3 is 9.47 Å². The molecule has 0 aromatic heterocycles. The first-order valence-corrected chi connectivity index (χ1v) is 7.86. The van der Waals surface area contributed by atoms with E-state index in [1.807, 2.05) is 0 Å². The molecule has 10 atom stereocenters. The van der Waals surface area contributed by atoms with Gasteiger partial charge in [-0.2, -0.15) is 0 Å². The third-order valence-electron chi connectivity index (χ3n) is 8.50. The molecule has 4 heteroatoms. The monoisotopic (exact) mass is 274 g/mol. The van der Waals surface area contributed by atoms with Gasteiger partial charge in [0.2, 0.25) is 0 Å². The number of hydrogen-bond acceptors (Lipinski definition) is 4. The zero-order valence-electron chi connectivity index (χ0n) is 11.6. The van der Waals surface area contributed by atoms with E-state index < -0.39 is 5.41 Å². The average molecular weight is 274 g/mol. The van der Waals surface area contributed by atoms with Crippen molar-refractivity contribution in [2.45, 2.75) is 6.42 Å². The summed E-state index contributed by atoms with van der Waals surface area (Å²) in [4.78, 5) is 25.3. The highest BCUT2D eigenvalue weighted by Gasteiger charge is 2.95. The van der Waals surface area contributed by atoms with Crippen LogP contribution >= 0.6 is 0 Å². The van der Waals surface area contributed by atoms with Gasteiger partial charge in [-0.15, -0.1) is 0 Å². The number of carbonyl (C=O) groups is 2. The molecule has 4 bridgehead atoms. The highest BCUT2D eigenvalue weighted by molar-refractivity contribution is 6.02. The topological polar surface area (TPSA) is 52.6 Å². The molecule has 7 saturated carbocycles. The van der Waals surface area contributed by atoms with Gasteiger partial charge in [-0.3, -0.25) is 9.59 Å². The lowest BCUT2D eigenvalue weighted by Gasteiger charge is -2.44. The first kappa shape index (κ1) is 10.6. The maximum atomic E-state index is 12.6. The number of methoxy groups -OCH3 is 2. The zero-order chi connectivity index (χ0) is 13.5. The molecule has 0 aliphatic heterocycles. The van der Waals surface area contributed by atoms with Crippen LogP contribution in [0.15, 0.2) is 0 Å². The largest absolute Gasteiger partial charge is 0.468 e. The number of rotatable bonds is 2. The van der Waals surface area contributed by atoms with Gasteiger partial charge in [0, 0.05) is 0 Å². The Morgan fingerprint density at radius 2 is 1.25 bits per heavy atom. The highest BCUT2D eigenvalue weighted by atomic mass is 16.5. The van der Waals surface area contributed by atoms with Crippen molar-refractivity contribution in [3.63, 3.8) is 0 Å². The average Bonchev–Trinajstić information content (AvgIpc) is 3.08. The summed E-state index contributed by atoms with van der Waals surface area (Å²) in [6.45, 7) is 0. The van der Waals surface area contributed by atoms with Crippen LogP contribution in [-0.4, -0.2) is 26.2 Å². The van der Waals surface area contributed by atoms with Gasteiger partial charge in [0.05, 0.1) is 14.2 Å². The van der Waals surface area contributed by atoms with Crippen LogP contribution in [0.4, 0.5) is 0 Å². The molecule has 0 N–H and O–H groups in total. The van der Waals surface area contributed by atoms with Crippen molar-refractivity contribution in [1.82, 2.24) is 0 Å². The van der Waals surface area contributed by atoms with Crippen LogP contribution < -0.4 is 0 Å². The van der Waals surface area contributed by atoms with Gasteiger partial charge in [-0.05, 0) is 65.6 Å². The van der Waals surface area contributed by atoms with Gasteiger partial charge in [-0.25, -0.2) is 0 Å². The number of hydrogen-bond donors (Lipinski definition) is 0. The smallest absolute Gasteiger partial charge is 0.323 e. The SMILES string of the molecule is COC(=O)C1(C(=O)OC)[C@@H]2[C@@H]3[C@@H]4[C@@H]5C[C@H]6[C@H]4[C@@H]3[C@H]1[C@@H]6[C@@H]52. The van der Waals surface area contributed by atoms with E-state index in [1.54, 1.807) is 0 Å². The Hall–Kier alpha value is -1.06. The van der Waals surface area contributed by atoms with Crippen LogP contribution in [0.3, 0.4) is 0 Å². The minimum atomic E-state index is -0.939. The molecule has 0 amide bonds. The van der Waals surface area contributed by atoms with Crippen molar-refractivity contribution < 1.29 is 19.1 Å². The van der Waals surface area contributed by atoms with Gasteiger partial charge in [0.25, 0.3) is 0 Å². The van der Waals surface area contributed by atoms with Gasteiger partial charge in [0.15, 0.2) is 5.41 Å². The summed E-state index contributed by atoms with van der Waals surface area (Å²) >= 11 is 0. The second kappa shape index (κ2) is 2.67. The molecule has 0 unspecified atom stereocenters. The van der Waals surface area contributed by atoms with Crippen molar-refractivity contribution in [3.05, 3.63) is 0 Å². The number of carbonyl (C=O) groups excluding carboxylic acids is 2. The summed E-state index contributed by atoms with van der Waals surface area (Å²) in [7, 11) is 2.84. The fourth-order valence-electron chi connectivity index (χ4n) is 8.93. The molecule has 0 saturated heterocycles. The quantitative estimate of drug-likeness (QED) is 0.556. The van der Waals surface area contributed by atoms with Crippen molar-refractivity contribution in [2.75, 3.05) is 14.2 Å². The molecule has 0 heterocycles. The molecule has 4 nitrogen and oxygen atoms in total. The van der Waals surface area contributed by atoms with Crippen LogP contribution in [-0.2, 0) is 19.1 Å². The van der Waals surface area contributed by atoms with Crippen LogP contribution in [0.2, 0.25) is 0 Å². The van der Waals surface area contributed by atoms with E-state index in [2.05, 4.69) is 0 Å². The highest BCUT2D eigenvalue weighted by Crippen LogP contribution is 2.94. The second-order valence-corrected chi connectivity index (χ2v) is 7.93. The standard InChI is InChI=1S/C16H18O4/c1-19-14(17)16(15(18)20-2)12-8-4-3-5-7-6(4)10(12)11(7)13(16)9(5)8/h4-13H,3H2,1-2H3/t4-,5-,6+,7+,8-,9+,10-,11+,12+,13-/m0/s1. The summed E-state index contributed by atoms with van der Waals surface area (Å²) < 4.78 is 10.2. The third-order valence-corrected chi connectivity index (χ3v) is 8.50. The lowest BCUT2D eigenvalue weighted by atomic mass is 9.60. The van der Waals surface area contributed by atoms with E-state index in [0.29, 0.717) is 23.7 Å². The number of ether oxygens (including phenoxy) is 2. The Kier molecular flexibility index (Phi) is 1.42. The van der Waals surface area contributed by atoms with E-state index in [1.165, 1.54) is 20.6 Å². The lowest BCUT2D eigenvalue weighted by Crippen LogP contribution is -2.46.